The highest BCUT2D eigenvalue weighted by molar-refractivity contribution is 5.55. The number of aromatic nitrogens is 2. The highest BCUT2D eigenvalue weighted by Gasteiger charge is 2.30. The van der Waals surface area contributed by atoms with Crippen LogP contribution in [0.25, 0.3) is 11.5 Å². The van der Waals surface area contributed by atoms with Crippen molar-refractivity contribution in [1.29, 1.82) is 0 Å². The Bertz CT molecular complexity index is 522. The lowest BCUT2D eigenvalue weighted by Crippen LogP contribution is -2.12. The summed E-state index contributed by atoms with van der Waals surface area (Å²) in [6.45, 7) is 0. The molecule has 0 saturated heterocycles. The minimum Gasteiger partial charge on any atom is -0.508 e. The molecule has 17 heavy (non-hydrogen) atoms. The van der Waals surface area contributed by atoms with Gasteiger partial charge in [-0.3, -0.25) is 0 Å². The van der Waals surface area contributed by atoms with Crippen LogP contribution < -0.4 is 0 Å². The van der Waals surface area contributed by atoms with Gasteiger partial charge in [-0.2, -0.15) is 18.2 Å². The Morgan fingerprint density at radius 2 is 2.06 bits per heavy atom. The summed E-state index contributed by atoms with van der Waals surface area (Å²) < 4.78 is 40.8. The molecule has 0 bridgehead atoms. The van der Waals surface area contributed by atoms with Crippen molar-refractivity contribution in [3.05, 3.63) is 30.1 Å². The summed E-state index contributed by atoms with van der Waals surface area (Å²) in [5.41, 5.74) is 0.367. The summed E-state index contributed by atoms with van der Waals surface area (Å²) in [4.78, 5) is 3.60. The van der Waals surface area contributed by atoms with Crippen molar-refractivity contribution in [3.63, 3.8) is 0 Å². The van der Waals surface area contributed by atoms with Crippen molar-refractivity contribution >= 4 is 0 Å². The lowest BCUT2D eigenvalue weighted by atomic mass is 10.2. The molecule has 0 aliphatic carbocycles. The van der Waals surface area contributed by atoms with Crippen molar-refractivity contribution in [3.8, 4) is 17.2 Å². The van der Waals surface area contributed by atoms with E-state index in [0.717, 1.165) is 0 Å². The first kappa shape index (κ1) is 11.4. The van der Waals surface area contributed by atoms with Crippen LogP contribution in [0.1, 0.15) is 5.82 Å². The van der Waals surface area contributed by atoms with Crippen LogP contribution in [-0.2, 0) is 6.42 Å². The van der Waals surface area contributed by atoms with Crippen LogP contribution in [0.4, 0.5) is 13.2 Å². The van der Waals surface area contributed by atoms with E-state index in [2.05, 4.69) is 14.7 Å². The molecule has 1 aromatic carbocycles. The molecule has 0 unspecified atom stereocenters. The van der Waals surface area contributed by atoms with Gasteiger partial charge in [0.05, 0.1) is 0 Å². The number of phenolic OH excluding ortho intramolecular Hbond substituents is 1. The average Bonchev–Trinajstić information content (AvgIpc) is 2.63. The number of phenols is 1. The second-order valence-corrected chi connectivity index (χ2v) is 3.36. The molecule has 1 heterocycles. The maximum atomic E-state index is 12.1. The minimum absolute atomic E-state index is 0.0296. The van der Waals surface area contributed by atoms with Crippen LogP contribution in [0.5, 0.6) is 5.75 Å². The summed E-state index contributed by atoms with van der Waals surface area (Å²) in [6.07, 6.45) is -5.62. The Labute approximate surface area is 93.7 Å². The fourth-order valence-corrected chi connectivity index (χ4v) is 1.26. The average molecular weight is 244 g/mol. The third-order valence-electron chi connectivity index (χ3n) is 1.92. The predicted molar refractivity (Wildman–Crippen MR) is 51.2 cm³/mol. The van der Waals surface area contributed by atoms with Crippen LogP contribution in [-0.4, -0.2) is 21.4 Å². The smallest absolute Gasteiger partial charge is 0.396 e. The van der Waals surface area contributed by atoms with E-state index in [1.807, 2.05) is 0 Å². The van der Waals surface area contributed by atoms with Gasteiger partial charge >= 0.3 is 6.18 Å². The van der Waals surface area contributed by atoms with E-state index in [1.54, 1.807) is 6.07 Å². The molecule has 0 aliphatic heterocycles. The summed E-state index contributed by atoms with van der Waals surface area (Å²) in [7, 11) is 0. The maximum absolute atomic E-state index is 12.1. The van der Waals surface area contributed by atoms with E-state index in [9.17, 15) is 18.3 Å². The highest BCUT2D eigenvalue weighted by Crippen LogP contribution is 2.24. The molecule has 0 radical (unpaired) electrons. The molecule has 0 atom stereocenters. The SMILES string of the molecule is Oc1cccc(-c2nc(CC(F)(F)F)no2)c1. The summed E-state index contributed by atoms with van der Waals surface area (Å²) in [5.74, 6) is -0.519. The zero-order valence-electron chi connectivity index (χ0n) is 8.40. The Balaban J connectivity index is 2.24. The van der Waals surface area contributed by atoms with Crippen LogP contribution in [0.15, 0.2) is 28.8 Å². The second kappa shape index (κ2) is 4.08. The number of hydrogen-bond donors (Lipinski definition) is 1. The van der Waals surface area contributed by atoms with Gasteiger partial charge in [0.1, 0.15) is 12.2 Å². The van der Waals surface area contributed by atoms with Crippen molar-refractivity contribution in [2.45, 2.75) is 12.6 Å². The normalized spacial score (nSPS) is 11.7. The van der Waals surface area contributed by atoms with E-state index in [-0.39, 0.29) is 11.6 Å². The van der Waals surface area contributed by atoms with Gasteiger partial charge < -0.3 is 9.63 Å². The zero-order valence-corrected chi connectivity index (χ0v) is 8.40. The number of halogens is 3. The number of hydrogen-bond acceptors (Lipinski definition) is 4. The van der Waals surface area contributed by atoms with Gasteiger partial charge in [-0.05, 0) is 18.2 Å². The lowest BCUT2D eigenvalue weighted by Gasteiger charge is -1.99. The van der Waals surface area contributed by atoms with Gasteiger partial charge in [-0.1, -0.05) is 11.2 Å². The van der Waals surface area contributed by atoms with Gasteiger partial charge in [0.15, 0.2) is 5.82 Å². The Hall–Kier alpha value is -2.05. The molecular weight excluding hydrogens is 237 g/mol. The number of alkyl halides is 3. The first-order valence-electron chi connectivity index (χ1n) is 4.63. The van der Waals surface area contributed by atoms with Gasteiger partial charge in [-0.25, -0.2) is 0 Å². The maximum Gasteiger partial charge on any atom is 0.396 e. The van der Waals surface area contributed by atoms with E-state index < -0.39 is 18.4 Å². The quantitative estimate of drug-likeness (QED) is 0.881. The molecule has 0 amide bonds. The third-order valence-corrected chi connectivity index (χ3v) is 1.92. The molecule has 0 saturated carbocycles. The van der Waals surface area contributed by atoms with Crippen LogP contribution >= 0.6 is 0 Å². The summed E-state index contributed by atoms with van der Waals surface area (Å²) in [5, 5.41) is 12.4. The monoisotopic (exact) mass is 244 g/mol. The van der Waals surface area contributed by atoms with E-state index in [4.69, 9.17) is 0 Å². The molecule has 1 aromatic heterocycles. The molecule has 90 valence electrons. The first-order valence-corrected chi connectivity index (χ1v) is 4.63. The molecule has 7 heteroatoms. The first-order chi connectivity index (χ1) is 7.94. The molecule has 4 nitrogen and oxygen atoms in total. The second-order valence-electron chi connectivity index (χ2n) is 3.36. The van der Waals surface area contributed by atoms with Gasteiger partial charge in [0.2, 0.25) is 0 Å². The topological polar surface area (TPSA) is 59.2 Å². The van der Waals surface area contributed by atoms with Crippen molar-refractivity contribution in [1.82, 2.24) is 10.1 Å². The van der Waals surface area contributed by atoms with Crippen LogP contribution in [0.3, 0.4) is 0 Å². The highest BCUT2D eigenvalue weighted by atomic mass is 19.4. The molecule has 0 aliphatic rings. The molecular formula is C10H7F3N2O2. The van der Waals surface area contributed by atoms with Gasteiger partial charge in [0.25, 0.3) is 5.89 Å². The van der Waals surface area contributed by atoms with E-state index in [1.165, 1.54) is 18.2 Å². The minimum atomic E-state index is -4.38. The van der Waals surface area contributed by atoms with Gasteiger partial charge in [-0.15, -0.1) is 0 Å². The van der Waals surface area contributed by atoms with Gasteiger partial charge in [0, 0.05) is 5.56 Å². The fraction of sp³-hybridized carbons (Fsp3) is 0.200. The largest absolute Gasteiger partial charge is 0.508 e. The van der Waals surface area contributed by atoms with E-state index >= 15 is 0 Å². The predicted octanol–water partition coefficient (Wildman–Crippen LogP) is 2.55. The lowest BCUT2D eigenvalue weighted by molar-refractivity contribution is -0.128. The Kier molecular flexibility index (Phi) is 2.74. The summed E-state index contributed by atoms with van der Waals surface area (Å²) in [6, 6.07) is 5.82. The van der Waals surface area contributed by atoms with E-state index in [0.29, 0.717) is 5.56 Å². The number of nitrogens with zero attached hydrogens (tertiary/aromatic N) is 2. The Morgan fingerprint density at radius 3 is 2.71 bits per heavy atom. The number of rotatable bonds is 2. The molecule has 0 spiro atoms. The molecule has 0 fully saturated rings. The summed E-state index contributed by atoms with van der Waals surface area (Å²) >= 11 is 0. The van der Waals surface area contributed by atoms with Crippen LogP contribution in [0, 0.1) is 0 Å². The molecule has 1 N–H and O–H groups in total. The van der Waals surface area contributed by atoms with Crippen molar-refractivity contribution in [2.24, 2.45) is 0 Å². The molecule has 2 rings (SSSR count). The number of benzene rings is 1. The standard InChI is InChI=1S/C10H7F3N2O2/c11-10(12,13)5-8-14-9(17-15-8)6-2-1-3-7(16)4-6/h1-4,16H,5H2. The zero-order chi connectivity index (χ0) is 12.5. The third kappa shape index (κ3) is 2.96. The molecule has 2 aromatic rings. The number of aromatic hydroxyl groups is 1. The fourth-order valence-electron chi connectivity index (χ4n) is 1.26. The van der Waals surface area contributed by atoms with Crippen molar-refractivity contribution < 1.29 is 22.8 Å². The van der Waals surface area contributed by atoms with Crippen LogP contribution in [0.2, 0.25) is 0 Å². The Morgan fingerprint density at radius 1 is 1.29 bits per heavy atom. The van der Waals surface area contributed by atoms with Crippen molar-refractivity contribution in [2.75, 3.05) is 0 Å².